The van der Waals surface area contributed by atoms with Crippen molar-refractivity contribution in [2.24, 2.45) is 0 Å². The first-order valence-corrected chi connectivity index (χ1v) is 8.91. The van der Waals surface area contributed by atoms with E-state index in [0.29, 0.717) is 10.7 Å². The molecule has 0 radical (unpaired) electrons. The van der Waals surface area contributed by atoms with Gasteiger partial charge in [-0.15, -0.1) is 0 Å². The van der Waals surface area contributed by atoms with Gasteiger partial charge in [0, 0.05) is 6.54 Å². The summed E-state index contributed by atoms with van der Waals surface area (Å²) in [6.45, 7) is 2.86. The molecule has 24 heavy (non-hydrogen) atoms. The fraction of sp³-hybridized carbons (Fsp3) is 0.350. The van der Waals surface area contributed by atoms with Gasteiger partial charge in [-0.05, 0) is 37.5 Å². The summed E-state index contributed by atoms with van der Waals surface area (Å²) >= 11 is 6.18. The van der Waals surface area contributed by atoms with Crippen LogP contribution in [-0.2, 0) is 0 Å². The van der Waals surface area contributed by atoms with Crippen LogP contribution in [0.3, 0.4) is 0 Å². The van der Waals surface area contributed by atoms with Gasteiger partial charge in [0.1, 0.15) is 0 Å². The maximum absolute atomic E-state index is 12.9. The van der Waals surface area contributed by atoms with Crippen molar-refractivity contribution in [3.8, 4) is 0 Å². The lowest BCUT2D eigenvalue weighted by Gasteiger charge is -2.31. The topological polar surface area (TPSA) is 32.3 Å². The van der Waals surface area contributed by atoms with Gasteiger partial charge < -0.3 is 10.2 Å². The SMILES string of the molecule is Cc1cccc([C@H]2CCCCCN2C(=O)Nc2ccccc2Cl)c1. The number of aryl methyl sites for hydroxylation is 1. The van der Waals surface area contributed by atoms with Crippen LogP contribution in [0.5, 0.6) is 0 Å². The van der Waals surface area contributed by atoms with Gasteiger partial charge in [0.15, 0.2) is 0 Å². The predicted octanol–water partition coefficient (Wildman–Crippen LogP) is 5.80. The lowest BCUT2D eigenvalue weighted by Crippen LogP contribution is -2.38. The number of amides is 2. The largest absolute Gasteiger partial charge is 0.322 e. The van der Waals surface area contributed by atoms with Crippen molar-refractivity contribution in [3.63, 3.8) is 0 Å². The number of nitrogens with one attached hydrogen (secondary N) is 1. The quantitative estimate of drug-likeness (QED) is 0.735. The monoisotopic (exact) mass is 342 g/mol. The van der Waals surface area contributed by atoms with Gasteiger partial charge in [0.05, 0.1) is 16.8 Å². The van der Waals surface area contributed by atoms with Crippen LogP contribution >= 0.6 is 11.6 Å². The van der Waals surface area contributed by atoms with Gasteiger partial charge in [-0.3, -0.25) is 0 Å². The number of carbonyl (C=O) groups is 1. The number of hydrogen-bond donors (Lipinski definition) is 1. The highest BCUT2D eigenvalue weighted by Gasteiger charge is 2.27. The molecule has 2 amide bonds. The number of hydrogen-bond acceptors (Lipinski definition) is 1. The summed E-state index contributed by atoms with van der Waals surface area (Å²) in [4.78, 5) is 14.9. The number of para-hydroxylation sites is 1. The molecular weight excluding hydrogens is 320 g/mol. The van der Waals surface area contributed by atoms with Crippen LogP contribution in [-0.4, -0.2) is 17.5 Å². The van der Waals surface area contributed by atoms with E-state index < -0.39 is 0 Å². The molecule has 126 valence electrons. The van der Waals surface area contributed by atoms with Gasteiger partial charge in [0.2, 0.25) is 0 Å². The minimum Gasteiger partial charge on any atom is -0.317 e. The molecule has 1 aliphatic rings. The molecule has 4 heteroatoms. The van der Waals surface area contributed by atoms with Crippen molar-refractivity contribution >= 4 is 23.3 Å². The Hall–Kier alpha value is -2.00. The Morgan fingerprint density at radius 1 is 1.12 bits per heavy atom. The predicted molar refractivity (Wildman–Crippen MR) is 99.6 cm³/mol. The summed E-state index contributed by atoms with van der Waals surface area (Å²) < 4.78 is 0. The molecule has 0 aliphatic carbocycles. The number of halogens is 1. The normalized spacial score (nSPS) is 18.1. The maximum atomic E-state index is 12.9. The van der Waals surface area contributed by atoms with Crippen molar-refractivity contribution in [1.82, 2.24) is 4.90 Å². The summed E-state index contributed by atoms with van der Waals surface area (Å²) in [6, 6.07) is 15.9. The Kier molecular flexibility index (Phi) is 5.41. The molecule has 1 atom stereocenters. The number of benzene rings is 2. The van der Waals surface area contributed by atoms with Crippen molar-refractivity contribution in [2.45, 2.75) is 38.6 Å². The van der Waals surface area contributed by atoms with Gasteiger partial charge in [0.25, 0.3) is 0 Å². The minimum atomic E-state index is -0.0727. The molecule has 0 bridgehead atoms. The Morgan fingerprint density at radius 3 is 2.75 bits per heavy atom. The van der Waals surface area contributed by atoms with E-state index in [1.165, 1.54) is 11.1 Å². The molecule has 0 spiro atoms. The molecule has 0 unspecified atom stereocenters. The number of nitrogens with zero attached hydrogens (tertiary/aromatic N) is 1. The highest BCUT2D eigenvalue weighted by Crippen LogP contribution is 2.31. The van der Waals surface area contributed by atoms with E-state index in [-0.39, 0.29) is 12.1 Å². The van der Waals surface area contributed by atoms with Crippen LogP contribution < -0.4 is 5.32 Å². The molecule has 2 aromatic rings. The molecule has 0 saturated carbocycles. The summed E-state index contributed by atoms with van der Waals surface area (Å²) in [5, 5.41) is 3.54. The lowest BCUT2D eigenvalue weighted by atomic mass is 9.99. The van der Waals surface area contributed by atoms with Gasteiger partial charge in [-0.25, -0.2) is 4.79 Å². The molecule has 3 nitrogen and oxygen atoms in total. The van der Waals surface area contributed by atoms with E-state index in [1.54, 1.807) is 6.07 Å². The second-order valence-electron chi connectivity index (χ2n) is 6.38. The molecule has 0 aromatic heterocycles. The van der Waals surface area contributed by atoms with Gasteiger partial charge in [-0.1, -0.05) is 66.4 Å². The zero-order valence-corrected chi connectivity index (χ0v) is 14.7. The van der Waals surface area contributed by atoms with Crippen LogP contribution in [0.15, 0.2) is 48.5 Å². The summed E-state index contributed by atoms with van der Waals surface area (Å²) in [7, 11) is 0. The molecule has 2 aromatic carbocycles. The Labute approximate surface area is 148 Å². The molecule has 1 N–H and O–H groups in total. The highest BCUT2D eigenvalue weighted by molar-refractivity contribution is 6.33. The molecule has 1 aliphatic heterocycles. The van der Waals surface area contributed by atoms with Gasteiger partial charge >= 0.3 is 6.03 Å². The van der Waals surface area contributed by atoms with Crippen LogP contribution in [0.25, 0.3) is 0 Å². The Balaban J connectivity index is 1.84. The zero-order valence-electron chi connectivity index (χ0n) is 14.0. The van der Waals surface area contributed by atoms with Crippen molar-refractivity contribution < 1.29 is 4.79 Å². The average Bonchev–Trinajstić information content (AvgIpc) is 2.83. The third-order valence-corrected chi connectivity index (χ3v) is 4.89. The fourth-order valence-electron chi connectivity index (χ4n) is 3.32. The molecule has 1 saturated heterocycles. The van der Waals surface area contributed by atoms with Crippen molar-refractivity contribution in [2.75, 3.05) is 11.9 Å². The van der Waals surface area contributed by atoms with E-state index in [0.717, 1.165) is 32.2 Å². The molecule has 1 fully saturated rings. The highest BCUT2D eigenvalue weighted by atomic mass is 35.5. The second-order valence-corrected chi connectivity index (χ2v) is 6.79. The van der Waals surface area contributed by atoms with E-state index in [1.807, 2.05) is 23.1 Å². The van der Waals surface area contributed by atoms with Crippen molar-refractivity contribution in [1.29, 1.82) is 0 Å². The first kappa shape index (κ1) is 16.8. The average molecular weight is 343 g/mol. The van der Waals surface area contributed by atoms with Crippen LogP contribution in [0.2, 0.25) is 5.02 Å². The fourth-order valence-corrected chi connectivity index (χ4v) is 3.51. The first-order chi connectivity index (χ1) is 11.6. The first-order valence-electron chi connectivity index (χ1n) is 8.54. The molecule has 3 rings (SSSR count). The smallest absolute Gasteiger partial charge is 0.317 e. The van der Waals surface area contributed by atoms with Crippen molar-refractivity contribution in [3.05, 3.63) is 64.7 Å². The number of anilines is 1. The molecular formula is C20H23ClN2O. The standard InChI is InChI=1S/C20H23ClN2O/c1-15-8-7-9-16(14-15)19-12-3-2-6-13-23(19)20(24)22-18-11-5-4-10-17(18)21/h4-5,7-11,14,19H,2-3,6,12-13H2,1H3,(H,22,24)/t19-/m1/s1. The van der Waals surface area contributed by atoms with E-state index in [2.05, 4.69) is 36.5 Å². The lowest BCUT2D eigenvalue weighted by molar-refractivity contribution is 0.189. The maximum Gasteiger partial charge on any atom is 0.322 e. The second kappa shape index (κ2) is 7.71. The van der Waals surface area contributed by atoms with Crippen LogP contribution in [0.1, 0.15) is 42.9 Å². The third kappa shape index (κ3) is 3.90. The number of urea groups is 1. The number of likely N-dealkylation sites (tertiary alicyclic amines) is 1. The zero-order chi connectivity index (χ0) is 16.9. The van der Waals surface area contributed by atoms with E-state index in [9.17, 15) is 4.79 Å². The van der Waals surface area contributed by atoms with E-state index >= 15 is 0 Å². The Bertz CT molecular complexity index is 716. The number of carbonyl (C=O) groups excluding carboxylic acids is 1. The third-order valence-electron chi connectivity index (χ3n) is 4.56. The minimum absolute atomic E-state index is 0.0727. The summed E-state index contributed by atoms with van der Waals surface area (Å²) in [5.41, 5.74) is 3.10. The van der Waals surface area contributed by atoms with Crippen LogP contribution in [0.4, 0.5) is 10.5 Å². The van der Waals surface area contributed by atoms with Crippen LogP contribution in [0, 0.1) is 6.92 Å². The Morgan fingerprint density at radius 2 is 1.96 bits per heavy atom. The van der Waals surface area contributed by atoms with E-state index in [4.69, 9.17) is 11.6 Å². The summed E-state index contributed by atoms with van der Waals surface area (Å²) in [5.74, 6) is 0. The molecule has 1 heterocycles. The summed E-state index contributed by atoms with van der Waals surface area (Å²) in [6.07, 6.45) is 4.35. The van der Waals surface area contributed by atoms with Gasteiger partial charge in [-0.2, -0.15) is 0 Å². The number of rotatable bonds is 2.